The summed E-state index contributed by atoms with van der Waals surface area (Å²) >= 11 is 1.70. The Balaban J connectivity index is 2.09. The average molecular weight is 306 g/mol. The van der Waals surface area contributed by atoms with Crippen molar-refractivity contribution >= 4 is 32.6 Å². The quantitative estimate of drug-likeness (QED) is 0.769. The molecule has 0 spiro atoms. The first-order chi connectivity index (χ1) is 10.1. The van der Waals surface area contributed by atoms with Crippen molar-refractivity contribution in [2.45, 2.75) is 27.3 Å². The molecule has 0 aliphatic rings. The number of rotatable bonds is 5. The van der Waals surface area contributed by atoms with Gasteiger partial charge in [-0.05, 0) is 39.0 Å². The van der Waals surface area contributed by atoms with Crippen molar-refractivity contribution in [3.05, 3.63) is 29.0 Å². The maximum Gasteiger partial charge on any atom is 0.124 e. The Morgan fingerprint density at radius 3 is 2.76 bits per heavy atom. The van der Waals surface area contributed by atoms with Gasteiger partial charge in [-0.1, -0.05) is 0 Å². The van der Waals surface area contributed by atoms with Crippen molar-refractivity contribution in [3.8, 4) is 0 Å². The van der Waals surface area contributed by atoms with E-state index in [1.54, 1.807) is 28.4 Å². The number of hydrogen-bond donors (Lipinski definition) is 1. The fraction of sp³-hybridized carbons (Fsp3) is 0.438. The third-order valence-corrected chi connectivity index (χ3v) is 5.15. The van der Waals surface area contributed by atoms with Crippen LogP contribution in [0.25, 0.3) is 21.3 Å². The molecule has 0 fully saturated rings. The summed E-state index contributed by atoms with van der Waals surface area (Å²) in [6.07, 6.45) is 0. The lowest BCUT2D eigenvalue weighted by atomic mass is 10.2. The Kier molecular flexibility index (Phi) is 3.95. The first-order valence-corrected chi connectivity index (χ1v) is 8.34. The highest BCUT2D eigenvalue weighted by atomic mass is 32.1. The Morgan fingerprint density at radius 2 is 2.05 bits per heavy atom. The number of thiazole rings is 1. The van der Waals surface area contributed by atoms with Crippen LogP contribution in [0.5, 0.6) is 0 Å². The van der Waals surface area contributed by atoms with Crippen LogP contribution in [0.1, 0.15) is 18.9 Å². The van der Waals surface area contributed by atoms with Gasteiger partial charge in [0.1, 0.15) is 16.2 Å². The van der Waals surface area contributed by atoms with Crippen LogP contribution in [0.15, 0.2) is 18.2 Å². The van der Waals surface area contributed by atoms with E-state index in [1.807, 2.05) is 13.0 Å². The van der Waals surface area contributed by atoms with Gasteiger partial charge in [0.05, 0.1) is 36.7 Å². The third-order valence-electron chi connectivity index (χ3n) is 4.15. The van der Waals surface area contributed by atoms with E-state index < -0.39 is 0 Å². The molecule has 0 saturated heterocycles. The van der Waals surface area contributed by atoms with Crippen LogP contribution in [0.4, 0.5) is 4.39 Å². The number of benzene rings is 1. The van der Waals surface area contributed by atoms with Gasteiger partial charge < -0.3 is 9.47 Å². The Labute approximate surface area is 128 Å². The smallest absolute Gasteiger partial charge is 0.124 e. The van der Waals surface area contributed by atoms with Gasteiger partial charge in [0.15, 0.2) is 0 Å². The molecular formula is C16H21FN3S+. The lowest BCUT2D eigenvalue weighted by molar-refractivity contribution is -0.897. The number of likely N-dealkylation sites (N-methyl/N-ethyl adjacent to an activating group) is 1. The van der Waals surface area contributed by atoms with Gasteiger partial charge >= 0.3 is 0 Å². The summed E-state index contributed by atoms with van der Waals surface area (Å²) in [4.78, 5) is 7.34. The molecule has 0 atom stereocenters. The van der Waals surface area contributed by atoms with Gasteiger partial charge in [0.2, 0.25) is 0 Å². The molecule has 2 aromatic heterocycles. The van der Waals surface area contributed by atoms with Gasteiger partial charge in [-0.2, -0.15) is 0 Å². The lowest BCUT2D eigenvalue weighted by Gasteiger charge is -2.16. The van der Waals surface area contributed by atoms with E-state index in [2.05, 4.69) is 23.4 Å². The van der Waals surface area contributed by atoms with Crippen molar-refractivity contribution in [2.75, 3.05) is 19.6 Å². The predicted molar refractivity (Wildman–Crippen MR) is 86.7 cm³/mol. The molecule has 3 aromatic rings. The maximum absolute atomic E-state index is 13.6. The number of nitrogens with zero attached hydrogens (tertiary/aromatic N) is 2. The highest BCUT2D eigenvalue weighted by Gasteiger charge is 2.16. The van der Waals surface area contributed by atoms with Gasteiger partial charge in [-0.25, -0.2) is 9.37 Å². The first-order valence-electron chi connectivity index (χ1n) is 7.52. The van der Waals surface area contributed by atoms with Crippen molar-refractivity contribution in [1.82, 2.24) is 9.55 Å². The molecule has 0 aliphatic heterocycles. The largest absolute Gasteiger partial charge is 0.334 e. The van der Waals surface area contributed by atoms with Crippen LogP contribution in [0.2, 0.25) is 0 Å². The SMILES string of the molecule is CC[NH+](CC)CCn1c2ccc(F)cc2c2nc(C)sc21. The number of aromatic nitrogens is 2. The summed E-state index contributed by atoms with van der Waals surface area (Å²) < 4.78 is 15.9. The zero-order chi connectivity index (χ0) is 15.0. The number of fused-ring (bicyclic) bond motifs is 3. The fourth-order valence-corrected chi connectivity index (χ4v) is 3.88. The Morgan fingerprint density at radius 1 is 1.29 bits per heavy atom. The monoisotopic (exact) mass is 306 g/mol. The minimum atomic E-state index is -0.193. The second-order valence-electron chi connectivity index (χ2n) is 5.41. The minimum Gasteiger partial charge on any atom is -0.334 e. The summed E-state index contributed by atoms with van der Waals surface area (Å²) in [5, 5.41) is 1.97. The number of halogens is 1. The molecule has 0 radical (unpaired) electrons. The summed E-state index contributed by atoms with van der Waals surface area (Å²) in [7, 11) is 0. The van der Waals surface area contributed by atoms with E-state index in [0.717, 1.165) is 47.6 Å². The van der Waals surface area contributed by atoms with Crippen LogP contribution < -0.4 is 4.90 Å². The molecule has 1 N–H and O–H groups in total. The molecule has 3 rings (SSSR count). The molecule has 0 saturated carbocycles. The molecule has 2 heterocycles. The van der Waals surface area contributed by atoms with E-state index in [1.165, 1.54) is 4.83 Å². The lowest BCUT2D eigenvalue weighted by Crippen LogP contribution is -3.11. The van der Waals surface area contributed by atoms with E-state index >= 15 is 0 Å². The Hall–Kier alpha value is -1.46. The number of quaternary nitrogens is 1. The van der Waals surface area contributed by atoms with Crippen molar-refractivity contribution in [1.29, 1.82) is 0 Å². The van der Waals surface area contributed by atoms with Crippen LogP contribution in [-0.4, -0.2) is 29.2 Å². The molecule has 3 nitrogen and oxygen atoms in total. The number of aryl methyl sites for hydroxylation is 1. The normalized spacial score (nSPS) is 12.0. The van der Waals surface area contributed by atoms with Crippen LogP contribution in [0, 0.1) is 12.7 Å². The second-order valence-corrected chi connectivity index (χ2v) is 6.59. The standard InChI is InChI=1S/C16H20FN3S/c1-4-19(5-2)8-9-20-14-7-6-12(17)10-13(14)15-16(20)21-11(3)18-15/h6-7,10H,4-5,8-9H2,1-3H3/p+1. The molecule has 0 unspecified atom stereocenters. The molecule has 0 aliphatic carbocycles. The van der Waals surface area contributed by atoms with Crippen molar-refractivity contribution in [3.63, 3.8) is 0 Å². The van der Waals surface area contributed by atoms with E-state index in [4.69, 9.17) is 0 Å². The number of hydrogen-bond acceptors (Lipinski definition) is 2. The predicted octanol–water partition coefficient (Wildman–Crippen LogP) is 2.62. The average Bonchev–Trinajstić information content (AvgIpc) is 2.97. The summed E-state index contributed by atoms with van der Waals surface area (Å²) in [6.45, 7) is 10.7. The zero-order valence-corrected chi connectivity index (χ0v) is 13.6. The Bertz CT molecular complexity index is 771. The molecular weight excluding hydrogens is 285 g/mol. The zero-order valence-electron chi connectivity index (χ0n) is 12.7. The van der Waals surface area contributed by atoms with Crippen LogP contribution in [0.3, 0.4) is 0 Å². The van der Waals surface area contributed by atoms with Gasteiger partial charge in [-0.3, -0.25) is 0 Å². The summed E-state index contributed by atoms with van der Waals surface area (Å²) in [5.74, 6) is -0.193. The molecule has 0 amide bonds. The van der Waals surface area contributed by atoms with Crippen molar-refractivity contribution < 1.29 is 9.29 Å². The van der Waals surface area contributed by atoms with Crippen molar-refractivity contribution in [2.24, 2.45) is 0 Å². The third kappa shape index (κ3) is 2.56. The minimum absolute atomic E-state index is 0.193. The molecule has 21 heavy (non-hydrogen) atoms. The molecule has 1 aromatic carbocycles. The maximum atomic E-state index is 13.6. The molecule has 0 bridgehead atoms. The van der Waals surface area contributed by atoms with Gasteiger partial charge in [0.25, 0.3) is 0 Å². The summed E-state index contributed by atoms with van der Waals surface area (Å²) in [5.41, 5.74) is 2.04. The molecule has 5 heteroatoms. The van der Waals surface area contributed by atoms with E-state index in [0.29, 0.717) is 0 Å². The van der Waals surface area contributed by atoms with Crippen LogP contribution in [-0.2, 0) is 6.54 Å². The van der Waals surface area contributed by atoms with E-state index in [9.17, 15) is 4.39 Å². The van der Waals surface area contributed by atoms with Crippen LogP contribution >= 0.6 is 11.3 Å². The highest BCUT2D eigenvalue weighted by Crippen LogP contribution is 2.32. The molecule has 112 valence electrons. The topological polar surface area (TPSA) is 22.3 Å². The second kappa shape index (κ2) is 5.73. The number of nitrogens with one attached hydrogen (secondary N) is 1. The first kappa shape index (κ1) is 14.5. The fourth-order valence-electron chi connectivity index (χ4n) is 2.91. The van der Waals surface area contributed by atoms with Gasteiger partial charge in [-0.15, -0.1) is 11.3 Å². The van der Waals surface area contributed by atoms with Gasteiger partial charge in [0, 0.05) is 5.39 Å². The van der Waals surface area contributed by atoms with E-state index in [-0.39, 0.29) is 5.82 Å². The summed E-state index contributed by atoms with van der Waals surface area (Å²) in [6, 6.07) is 5.03. The highest BCUT2D eigenvalue weighted by molar-refractivity contribution is 7.18.